The molecule has 9 heteroatoms. The van der Waals surface area contributed by atoms with Crippen molar-refractivity contribution in [2.45, 2.75) is 12.5 Å². The number of nitrogens with one attached hydrogen (secondary N) is 1. The minimum Gasteiger partial charge on any atom is -0.479 e. The van der Waals surface area contributed by atoms with Crippen LogP contribution in [0.4, 0.5) is 11.5 Å². The summed E-state index contributed by atoms with van der Waals surface area (Å²) in [4.78, 5) is 19.9. The smallest absolute Gasteiger partial charge is 0.333 e. The minimum atomic E-state index is -1.62. The van der Waals surface area contributed by atoms with E-state index in [0.717, 1.165) is 16.6 Å². The van der Waals surface area contributed by atoms with Gasteiger partial charge in [0.1, 0.15) is 5.52 Å². The third-order valence-corrected chi connectivity index (χ3v) is 5.72. The van der Waals surface area contributed by atoms with Crippen LogP contribution in [0.1, 0.15) is 12.5 Å². The van der Waals surface area contributed by atoms with E-state index in [1.807, 2.05) is 48.5 Å². The highest BCUT2D eigenvalue weighted by atomic mass is 35.5. The van der Waals surface area contributed by atoms with E-state index >= 15 is 0 Å². The number of hydrogen-bond acceptors (Lipinski definition) is 6. The third-order valence-electron chi connectivity index (χ3n) is 5.32. The molecule has 0 radical (unpaired) electrons. The predicted molar refractivity (Wildman–Crippen MR) is 129 cm³/mol. The second-order valence-corrected chi connectivity index (χ2v) is 8.14. The van der Waals surface area contributed by atoms with Gasteiger partial charge in [-0.2, -0.15) is 5.10 Å². The van der Waals surface area contributed by atoms with Crippen LogP contribution in [-0.4, -0.2) is 49.3 Å². The average molecular weight is 464 g/mol. The van der Waals surface area contributed by atoms with E-state index in [1.54, 1.807) is 24.0 Å². The summed E-state index contributed by atoms with van der Waals surface area (Å²) in [6.45, 7) is 0.730. The van der Waals surface area contributed by atoms with Crippen molar-refractivity contribution in [3.63, 3.8) is 0 Å². The molecule has 1 atom stereocenters. The zero-order valence-electron chi connectivity index (χ0n) is 18.0. The Hall–Kier alpha value is -3.75. The first-order chi connectivity index (χ1) is 15.8. The molecule has 0 aliphatic heterocycles. The van der Waals surface area contributed by atoms with Gasteiger partial charge in [-0.1, -0.05) is 54.1 Å². The average Bonchev–Trinajstić information content (AvgIpc) is 3.13. The van der Waals surface area contributed by atoms with E-state index in [0.29, 0.717) is 27.6 Å². The zero-order valence-corrected chi connectivity index (χ0v) is 18.8. The molecule has 33 heavy (non-hydrogen) atoms. The van der Waals surface area contributed by atoms with Gasteiger partial charge in [0.15, 0.2) is 11.4 Å². The molecule has 2 heterocycles. The van der Waals surface area contributed by atoms with Gasteiger partial charge in [0, 0.05) is 30.6 Å². The number of aromatic nitrogens is 3. The lowest BCUT2D eigenvalue weighted by Crippen LogP contribution is -2.37. The number of benzene rings is 2. The Morgan fingerprint density at radius 2 is 2.00 bits per heavy atom. The van der Waals surface area contributed by atoms with E-state index in [9.17, 15) is 15.0 Å². The summed E-state index contributed by atoms with van der Waals surface area (Å²) in [5.74, 6) is -0.675. The lowest BCUT2D eigenvalue weighted by Gasteiger charge is -2.16. The molecule has 3 N–H and O–H groups in total. The quantitative estimate of drug-likeness (QED) is 0.352. The Labute approximate surface area is 195 Å². The summed E-state index contributed by atoms with van der Waals surface area (Å²) in [7, 11) is 1.78. The van der Waals surface area contributed by atoms with Crippen LogP contribution in [0.2, 0.25) is 5.02 Å². The highest BCUT2D eigenvalue weighted by Crippen LogP contribution is 2.36. The summed E-state index contributed by atoms with van der Waals surface area (Å²) in [6, 6.07) is 17.4. The number of carboxylic acid groups (broad SMARTS) is 1. The molecule has 0 amide bonds. The van der Waals surface area contributed by atoms with Crippen molar-refractivity contribution in [2.24, 2.45) is 12.0 Å². The van der Waals surface area contributed by atoms with Crippen LogP contribution in [0.5, 0.6) is 0 Å². The van der Waals surface area contributed by atoms with Gasteiger partial charge < -0.3 is 15.5 Å². The van der Waals surface area contributed by atoms with Crippen molar-refractivity contribution >= 4 is 46.3 Å². The molecule has 4 rings (SSSR count). The summed E-state index contributed by atoms with van der Waals surface area (Å²) >= 11 is 6.70. The Kier molecular flexibility index (Phi) is 6.13. The summed E-state index contributed by atoms with van der Waals surface area (Å²) in [5.41, 5.74) is 2.92. The van der Waals surface area contributed by atoms with Crippen molar-refractivity contribution in [3.8, 4) is 11.1 Å². The van der Waals surface area contributed by atoms with Crippen LogP contribution in [0.25, 0.3) is 22.2 Å². The maximum atomic E-state index is 11.3. The maximum Gasteiger partial charge on any atom is 0.333 e. The summed E-state index contributed by atoms with van der Waals surface area (Å²) < 4.78 is 1.67. The van der Waals surface area contributed by atoms with Gasteiger partial charge in [-0.15, -0.1) is 0 Å². The minimum absolute atomic E-state index is 0.536. The maximum absolute atomic E-state index is 11.3. The van der Waals surface area contributed by atoms with Gasteiger partial charge in [0.25, 0.3) is 0 Å². The molecule has 0 aliphatic carbocycles. The number of rotatable bonds is 7. The molecule has 0 saturated carbocycles. The molecule has 0 spiro atoms. The number of anilines is 2. The second kappa shape index (κ2) is 9.01. The highest BCUT2D eigenvalue weighted by Gasteiger charge is 2.31. The monoisotopic (exact) mass is 463 g/mol. The van der Waals surface area contributed by atoms with Crippen LogP contribution >= 0.6 is 11.6 Å². The van der Waals surface area contributed by atoms with Gasteiger partial charge >= 0.3 is 5.97 Å². The molecule has 0 saturated heterocycles. The molecule has 4 aromatic rings. The fourth-order valence-electron chi connectivity index (χ4n) is 3.28. The first kappa shape index (κ1) is 22.4. The number of halogens is 1. The Balaban J connectivity index is 1.67. The molecular weight excluding hydrogens is 442 g/mol. The standard InChI is InChI=1S/C24H22ClN5O3/c1-24(14-31,23(32)33)27-13-15-11-19-21(26-12-15)22(29-30(19)2)28-18-10-6-9-17(20(18)25)16-7-4-3-5-8-16/h3-13,31H,14H2,1-2H3,(H,28,29)(H,32,33). The first-order valence-electron chi connectivity index (χ1n) is 10.2. The molecule has 168 valence electrons. The number of fused-ring (bicyclic) bond motifs is 1. The number of nitrogens with zero attached hydrogens (tertiary/aromatic N) is 4. The number of hydrogen-bond donors (Lipinski definition) is 3. The molecule has 0 bridgehead atoms. The Morgan fingerprint density at radius 1 is 1.24 bits per heavy atom. The Bertz CT molecular complexity index is 1350. The van der Waals surface area contributed by atoms with Gasteiger partial charge in [-0.05, 0) is 24.6 Å². The molecular formula is C24H22ClN5O3. The summed E-state index contributed by atoms with van der Waals surface area (Å²) in [6.07, 6.45) is 2.96. The lowest BCUT2D eigenvalue weighted by atomic mass is 10.1. The van der Waals surface area contributed by atoms with Crippen molar-refractivity contribution in [3.05, 3.63) is 71.4 Å². The second-order valence-electron chi connectivity index (χ2n) is 7.76. The van der Waals surface area contributed by atoms with Gasteiger partial charge in [-0.3, -0.25) is 9.67 Å². The van der Waals surface area contributed by atoms with Crippen molar-refractivity contribution < 1.29 is 15.0 Å². The zero-order chi connectivity index (χ0) is 23.6. The molecule has 0 aliphatic rings. The van der Waals surface area contributed by atoms with Gasteiger partial charge in [-0.25, -0.2) is 9.78 Å². The fourth-order valence-corrected chi connectivity index (χ4v) is 3.56. The van der Waals surface area contributed by atoms with Crippen molar-refractivity contribution in [1.82, 2.24) is 14.8 Å². The van der Waals surface area contributed by atoms with Crippen molar-refractivity contribution in [1.29, 1.82) is 0 Å². The van der Waals surface area contributed by atoms with Crippen LogP contribution in [0.15, 0.2) is 65.8 Å². The lowest BCUT2D eigenvalue weighted by molar-refractivity contribution is -0.143. The van der Waals surface area contributed by atoms with E-state index in [4.69, 9.17) is 11.6 Å². The largest absolute Gasteiger partial charge is 0.479 e. The highest BCUT2D eigenvalue weighted by molar-refractivity contribution is 6.36. The fraction of sp³-hybridized carbons (Fsp3) is 0.167. The number of aliphatic imine (C=N–C) groups is 1. The molecule has 0 fully saturated rings. The molecule has 2 aromatic carbocycles. The number of carboxylic acids is 1. The van der Waals surface area contributed by atoms with Crippen molar-refractivity contribution in [2.75, 3.05) is 11.9 Å². The SMILES string of the molecule is Cn1nc(Nc2cccc(-c3ccccc3)c2Cl)c2ncc(C=NC(C)(CO)C(=O)O)cc21. The van der Waals surface area contributed by atoms with Crippen LogP contribution in [0, 0.1) is 0 Å². The first-order valence-corrected chi connectivity index (χ1v) is 10.5. The van der Waals surface area contributed by atoms with E-state index < -0.39 is 18.1 Å². The van der Waals surface area contributed by atoms with Gasteiger partial charge in [0.2, 0.25) is 0 Å². The van der Waals surface area contributed by atoms with E-state index in [-0.39, 0.29) is 0 Å². The molecule has 2 aromatic heterocycles. The van der Waals surface area contributed by atoms with E-state index in [1.165, 1.54) is 13.1 Å². The number of aliphatic carboxylic acids is 1. The predicted octanol–water partition coefficient (Wildman–Crippen LogP) is 4.29. The normalized spacial score (nSPS) is 13.3. The molecule has 8 nitrogen and oxygen atoms in total. The number of aliphatic hydroxyl groups is 1. The van der Waals surface area contributed by atoms with E-state index in [2.05, 4.69) is 20.4 Å². The number of carbonyl (C=O) groups is 1. The number of pyridine rings is 1. The number of aryl methyl sites for hydroxylation is 1. The summed E-state index contributed by atoms with van der Waals surface area (Å²) in [5, 5.41) is 27.0. The van der Waals surface area contributed by atoms with Crippen LogP contribution in [-0.2, 0) is 11.8 Å². The number of aliphatic hydroxyl groups excluding tert-OH is 1. The van der Waals surface area contributed by atoms with Gasteiger partial charge in [0.05, 0.1) is 22.8 Å². The third kappa shape index (κ3) is 4.44. The van der Waals surface area contributed by atoms with Crippen LogP contribution < -0.4 is 5.32 Å². The Morgan fingerprint density at radius 3 is 2.70 bits per heavy atom. The topological polar surface area (TPSA) is 113 Å². The van der Waals surface area contributed by atoms with Crippen LogP contribution in [0.3, 0.4) is 0 Å². The molecule has 1 unspecified atom stereocenters.